The Morgan fingerprint density at radius 1 is 0.952 bits per heavy atom. The summed E-state index contributed by atoms with van der Waals surface area (Å²) in [7, 11) is -3.14. The van der Waals surface area contributed by atoms with Crippen molar-refractivity contribution in [2.24, 2.45) is 0 Å². The highest BCUT2D eigenvalue weighted by Crippen LogP contribution is 2.22. The van der Waals surface area contributed by atoms with Gasteiger partial charge in [0.2, 0.25) is 0 Å². The lowest BCUT2D eigenvalue weighted by atomic mass is 10.0. The molecule has 1 N–H and O–H groups in total. The van der Waals surface area contributed by atoms with Gasteiger partial charge in [-0.2, -0.15) is 0 Å². The van der Waals surface area contributed by atoms with Gasteiger partial charge in [0.15, 0.2) is 9.84 Å². The molecule has 0 aromatic heterocycles. The third-order valence-electron chi connectivity index (χ3n) is 3.41. The van der Waals surface area contributed by atoms with Gasteiger partial charge in [-0.25, -0.2) is 8.42 Å². The number of benzene rings is 2. The SMILES string of the molecule is Cc1cc(C)cc(C(C)Nc2ccc(S(C)(=O)=O)cc2)c1. The van der Waals surface area contributed by atoms with Crippen LogP contribution in [0.25, 0.3) is 0 Å². The van der Waals surface area contributed by atoms with Gasteiger partial charge in [0.1, 0.15) is 0 Å². The van der Waals surface area contributed by atoms with Crippen molar-refractivity contribution in [1.82, 2.24) is 0 Å². The zero-order chi connectivity index (χ0) is 15.6. The Morgan fingerprint density at radius 3 is 1.95 bits per heavy atom. The van der Waals surface area contributed by atoms with Crippen molar-refractivity contribution in [3.63, 3.8) is 0 Å². The Balaban J connectivity index is 2.17. The quantitative estimate of drug-likeness (QED) is 0.932. The molecule has 0 heterocycles. The summed E-state index contributed by atoms with van der Waals surface area (Å²) in [5, 5.41) is 3.40. The molecule has 1 unspecified atom stereocenters. The lowest BCUT2D eigenvalue weighted by molar-refractivity contribution is 0.602. The number of hydrogen-bond acceptors (Lipinski definition) is 3. The first-order valence-corrected chi connectivity index (χ1v) is 8.80. The molecule has 0 bridgehead atoms. The third-order valence-corrected chi connectivity index (χ3v) is 4.54. The van der Waals surface area contributed by atoms with E-state index < -0.39 is 9.84 Å². The predicted octanol–water partition coefficient (Wildman–Crippen LogP) is 3.88. The smallest absolute Gasteiger partial charge is 0.175 e. The number of sulfone groups is 1. The second-order valence-corrected chi connectivity index (χ2v) is 7.60. The summed E-state index contributed by atoms with van der Waals surface area (Å²) in [4.78, 5) is 0.340. The second kappa shape index (κ2) is 5.90. The van der Waals surface area contributed by atoms with Gasteiger partial charge in [-0.05, 0) is 50.6 Å². The van der Waals surface area contributed by atoms with E-state index in [1.165, 1.54) is 22.9 Å². The fourth-order valence-electron chi connectivity index (χ4n) is 2.39. The molecular formula is C17H21NO2S. The molecule has 0 aliphatic rings. The van der Waals surface area contributed by atoms with Crippen molar-refractivity contribution in [2.75, 3.05) is 11.6 Å². The van der Waals surface area contributed by atoms with Crippen molar-refractivity contribution in [2.45, 2.75) is 31.7 Å². The normalized spacial score (nSPS) is 13.0. The summed E-state index contributed by atoms with van der Waals surface area (Å²) in [6.45, 7) is 6.27. The van der Waals surface area contributed by atoms with Crippen molar-refractivity contribution in [3.05, 3.63) is 59.2 Å². The average molecular weight is 303 g/mol. The van der Waals surface area contributed by atoms with E-state index in [2.05, 4.69) is 44.3 Å². The maximum atomic E-state index is 11.4. The molecule has 0 saturated heterocycles. The standard InChI is InChI=1S/C17H21NO2S/c1-12-9-13(2)11-15(10-12)14(3)18-16-5-7-17(8-6-16)21(4,19)20/h5-11,14,18H,1-4H3. The maximum Gasteiger partial charge on any atom is 0.175 e. The summed E-state index contributed by atoms with van der Waals surface area (Å²) < 4.78 is 22.9. The van der Waals surface area contributed by atoms with Crippen LogP contribution in [0.5, 0.6) is 0 Å². The molecule has 2 rings (SSSR count). The van der Waals surface area contributed by atoms with E-state index in [1.807, 2.05) is 0 Å². The lowest BCUT2D eigenvalue weighted by Crippen LogP contribution is -2.07. The topological polar surface area (TPSA) is 46.2 Å². The summed E-state index contributed by atoms with van der Waals surface area (Å²) in [6.07, 6.45) is 1.22. The van der Waals surface area contributed by atoms with Gasteiger partial charge < -0.3 is 5.32 Å². The molecule has 21 heavy (non-hydrogen) atoms. The van der Waals surface area contributed by atoms with Gasteiger partial charge in [-0.1, -0.05) is 29.3 Å². The van der Waals surface area contributed by atoms with E-state index in [1.54, 1.807) is 24.3 Å². The average Bonchev–Trinajstić information content (AvgIpc) is 2.37. The fourth-order valence-corrected chi connectivity index (χ4v) is 3.02. The van der Waals surface area contributed by atoms with Crippen LogP contribution in [0.1, 0.15) is 29.7 Å². The molecule has 0 saturated carbocycles. The van der Waals surface area contributed by atoms with Gasteiger partial charge in [0.25, 0.3) is 0 Å². The molecule has 1 atom stereocenters. The summed E-state index contributed by atoms with van der Waals surface area (Å²) in [5.74, 6) is 0. The summed E-state index contributed by atoms with van der Waals surface area (Å²) in [5.41, 5.74) is 4.62. The lowest BCUT2D eigenvalue weighted by Gasteiger charge is -2.17. The van der Waals surface area contributed by atoms with Crippen LogP contribution in [0.4, 0.5) is 5.69 Å². The number of nitrogens with one attached hydrogen (secondary N) is 1. The maximum absolute atomic E-state index is 11.4. The zero-order valence-electron chi connectivity index (χ0n) is 12.8. The first-order chi connectivity index (χ1) is 9.75. The van der Waals surface area contributed by atoms with Gasteiger partial charge in [-0.15, -0.1) is 0 Å². The van der Waals surface area contributed by atoms with Crippen LogP contribution in [0.15, 0.2) is 47.4 Å². The van der Waals surface area contributed by atoms with Crippen LogP contribution < -0.4 is 5.32 Å². The monoisotopic (exact) mass is 303 g/mol. The fraction of sp³-hybridized carbons (Fsp3) is 0.294. The highest BCUT2D eigenvalue weighted by molar-refractivity contribution is 7.90. The van der Waals surface area contributed by atoms with Crippen molar-refractivity contribution < 1.29 is 8.42 Å². The molecule has 4 heteroatoms. The van der Waals surface area contributed by atoms with E-state index in [-0.39, 0.29) is 6.04 Å². The first-order valence-electron chi connectivity index (χ1n) is 6.90. The molecule has 0 aliphatic carbocycles. The highest BCUT2D eigenvalue weighted by Gasteiger charge is 2.09. The minimum atomic E-state index is -3.14. The minimum Gasteiger partial charge on any atom is -0.379 e. The van der Waals surface area contributed by atoms with Crippen molar-refractivity contribution in [3.8, 4) is 0 Å². The van der Waals surface area contributed by atoms with Gasteiger partial charge >= 0.3 is 0 Å². The molecule has 0 aliphatic heterocycles. The van der Waals surface area contributed by atoms with Crippen molar-refractivity contribution >= 4 is 15.5 Å². The predicted molar refractivity (Wildman–Crippen MR) is 87.5 cm³/mol. The number of rotatable bonds is 4. The molecule has 2 aromatic rings. The van der Waals surface area contributed by atoms with Gasteiger partial charge in [-0.3, -0.25) is 0 Å². The van der Waals surface area contributed by atoms with E-state index in [4.69, 9.17) is 0 Å². The van der Waals surface area contributed by atoms with Crippen LogP contribution >= 0.6 is 0 Å². The number of hydrogen-bond donors (Lipinski definition) is 1. The van der Waals surface area contributed by atoms with Crippen molar-refractivity contribution in [1.29, 1.82) is 0 Å². The van der Waals surface area contributed by atoms with Crippen LogP contribution in [0, 0.1) is 13.8 Å². The summed E-state index contributed by atoms with van der Waals surface area (Å²) >= 11 is 0. The van der Waals surface area contributed by atoms with E-state index >= 15 is 0 Å². The Labute approximate surface area is 126 Å². The minimum absolute atomic E-state index is 0.160. The molecule has 112 valence electrons. The van der Waals surface area contributed by atoms with E-state index in [0.717, 1.165) is 5.69 Å². The van der Waals surface area contributed by atoms with Crippen LogP contribution in [0.2, 0.25) is 0 Å². The molecule has 2 aromatic carbocycles. The zero-order valence-corrected chi connectivity index (χ0v) is 13.7. The van der Waals surface area contributed by atoms with Crippen LogP contribution in [-0.4, -0.2) is 14.7 Å². The Kier molecular flexibility index (Phi) is 4.37. The van der Waals surface area contributed by atoms with Gasteiger partial charge in [0, 0.05) is 18.0 Å². The third kappa shape index (κ3) is 4.08. The second-order valence-electron chi connectivity index (χ2n) is 5.58. The highest BCUT2D eigenvalue weighted by atomic mass is 32.2. The Morgan fingerprint density at radius 2 is 1.48 bits per heavy atom. The molecule has 0 spiro atoms. The molecule has 0 fully saturated rings. The number of anilines is 1. The molecule has 0 amide bonds. The molecule has 3 nitrogen and oxygen atoms in total. The molecule has 0 radical (unpaired) electrons. The largest absolute Gasteiger partial charge is 0.379 e. The number of aryl methyl sites for hydroxylation is 2. The van der Waals surface area contributed by atoms with Crippen LogP contribution in [-0.2, 0) is 9.84 Å². The first kappa shape index (κ1) is 15.6. The van der Waals surface area contributed by atoms with E-state index in [9.17, 15) is 8.42 Å². The molecular weight excluding hydrogens is 282 g/mol. The Hall–Kier alpha value is -1.81. The Bertz CT molecular complexity index is 714. The van der Waals surface area contributed by atoms with Gasteiger partial charge in [0.05, 0.1) is 4.90 Å². The van der Waals surface area contributed by atoms with E-state index in [0.29, 0.717) is 4.90 Å². The van der Waals surface area contributed by atoms with Crippen LogP contribution in [0.3, 0.4) is 0 Å². The summed E-state index contributed by atoms with van der Waals surface area (Å²) in [6, 6.07) is 13.5.